The van der Waals surface area contributed by atoms with Crippen LogP contribution in [0.25, 0.3) is 0 Å². The third kappa shape index (κ3) is 31.7. The van der Waals surface area contributed by atoms with Gasteiger partial charge in [-0.15, -0.1) is 0 Å². The van der Waals surface area contributed by atoms with Crippen molar-refractivity contribution in [2.24, 2.45) is 0 Å². The second kappa shape index (κ2) is 27.8. The smallest absolute Gasteiger partial charge is 0.158 e. The van der Waals surface area contributed by atoms with Crippen LogP contribution < -0.4 is 0 Å². The molecule has 2 aliphatic rings. The van der Waals surface area contributed by atoms with Crippen molar-refractivity contribution in [1.82, 2.24) is 0 Å². The van der Waals surface area contributed by atoms with Gasteiger partial charge in [-0.2, -0.15) is 0 Å². The summed E-state index contributed by atoms with van der Waals surface area (Å²) in [5, 5.41) is 34.3. The van der Waals surface area contributed by atoms with Crippen molar-refractivity contribution in [3.05, 3.63) is 0 Å². The summed E-state index contributed by atoms with van der Waals surface area (Å²) in [5.74, 6) is 0. The van der Waals surface area contributed by atoms with Gasteiger partial charge in [0.05, 0.1) is 48.8 Å². The molecular formula is C30H61O11-. The highest BCUT2D eigenvalue weighted by Crippen LogP contribution is 2.24. The molecule has 8 atom stereocenters. The Morgan fingerprint density at radius 3 is 1.05 bits per heavy atom. The maximum atomic E-state index is 9.56. The summed E-state index contributed by atoms with van der Waals surface area (Å²) < 4.78 is 23.1. The van der Waals surface area contributed by atoms with Gasteiger partial charge in [0.25, 0.3) is 0 Å². The van der Waals surface area contributed by atoms with Crippen LogP contribution >= 0.6 is 0 Å². The SMILES string of the molecule is CC(O)CC(C)O.CC(O)CC(C)O.CC1CC(C)OC(CCCC2OC(C)CC(C)O2)O1.O=CCCCC=O.[OH-]. The van der Waals surface area contributed by atoms with Crippen molar-refractivity contribution in [2.75, 3.05) is 0 Å². The van der Waals surface area contributed by atoms with Crippen LogP contribution in [0.2, 0.25) is 0 Å². The Morgan fingerprint density at radius 1 is 0.585 bits per heavy atom. The van der Waals surface area contributed by atoms with Crippen molar-refractivity contribution in [3.63, 3.8) is 0 Å². The van der Waals surface area contributed by atoms with Crippen LogP contribution in [0.15, 0.2) is 0 Å². The molecular weight excluding hydrogens is 536 g/mol. The number of aliphatic hydroxyl groups excluding tert-OH is 4. The van der Waals surface area contributed by atoms with Gasteiger partial charge in [0.1, 0.15) is 12.6 Å². The van der Waals surface area contributed by atoms with Crippen molar-refractivity contribution in [3.8, 4) is 0 Å². The third-order valence-electron chi connectivity index (χ3n) is 5.75. The highest BCUT2D eigenvalue weighted by atomic mass is 16.7. The molecule has 2 fully saturated rings. The minimum Gasteiger partial charge on any atom is -0.870 e. The summed E-state index contributed by atoms with van der Waals surface area (Å²) in [5.41, 5.74) is 0. The maximum Gasteiger partial charge on any atom is 0.158 e. The number of aldehydes is 2. The van der Waals surface area contributed by atoms with E-state index in [9.17, 15) is 9.59 Å². The number of aliphatic hydroxyl groups is 4. The fourth-order valence-electron chi connectivity index (χ4n) is 4.25. The predicted molar refractivity (Wildman–Crippen MR) is 157 cm³/mol. The van der Waals surface area contributed by atoms with Crippen LogP contribution in [0.1, 0.15) is 120 Å². The zero-order chi connectivity index (χ0) is 31.1. The van der Waals surface area contributed by atoms with Gasteiger partial charge in [0.15, 0.2) is 12.6 Å². The lowest BCUT2D eigenvalue weighted by Gasteiger charge is -2.34. The van der Waals surface area contributed by atoms with Gasteiger partial charge in [0.2, 0.25) is 0 Å². The van der Waals surface area contributed by atoms with E-state index in [0.717, 1.165) is 44.7 Å². The summed E-state index contributed by atoms with van der Waals surface area (Å²) >= 11 is 0. The fourth-order valence-corrected chi connectivity index (χ4v) is 4.25. The van der Waals surface area contributed by atoms with Crippen LogP contribution in [0.3, 0.4) is 0 Å². The number of hydrogen-bond acceptors (Lipinski definition) is 11. The van der Waals surface area contributed by atoms with Crippen LogP contribution in [0.4, 0.5) is 0 Å². The number of unbranched alkanes of at least 4 members (excludes halogenated alkanes) is 2. The molecule has 8 unspecified atom stereocenters. The minimum atomic E-state index is -0.375. The second-order valence-electron chi connectivity index (χ2n) is 11.2. The van der Waals surface area contributed by atoms with Gasteiger partial charge in [-0.1, -0.05) is 0 Å². The van der Waals surface area contributed by atoms with E-state index >= 15 is 0 Å². The number of rotatable bonds is 12. The zero-order valence-corrected chi connectivity index (χ0v) is 26.7. The van der Waals surface area contributed by atoms with E-state index in [4.69, 9.17) is 39.4 Å². The van der Waals surface area contributed by atoms with E-state index in [0.29, 0.717) is 56.5 Å². The number of ether oxygens (including phenoxy) is 4. The fraction of sp³-hybridized carbons (Fsp3) is 0.933. The Kier molecular flexibility index (Phi) is 30.1. The van der Waals surface area contributed by atoms with Gasteiger partial charge in [-0.3, -0.25) is 0 Å². The van der Waals surface area contributed by atoms with Crippen molar-refractivity contribution < 1.29 is 54.4 Å². The Morgan fingerprint density at radius 2 is 0.854 bits per heavy atom. The molecule has 0 spiro atoms. The van der Waals surface area contributed by atoms with Crippen molar-refractivity contribution >= 4 is 12.6 Å². The lowest BCUT2D eigenvalue weighted by atomic mass is 10.1. The first kappa shape index (κ1) is 44.4. The Bertz CT molecular complexity index is 507. The third-order valence-corrected chi connectivity index (χ3v) is 5.75. The molecule has 0 aromatic carbocycles. The van der Waals surface area contributed by atoms with E-state index in [-0.39, 0.29) is 42.5 Å². The predicted octanol–water partition coefficient (Wildman–Crippen LogP) is 3.89. The molecule has 248 valence electrons. The molecule has 0 aromatic rings. The molecule has 0 radical (unpaired) electrons. The number of carbonyl (C=O) groups is 2. The summed E-state index contributed by atoms with van der Waals surface area (Å²) in [4.78, 5) is 19.1. The molecule has 0 aliphatic carbocycles. The Labute approximate surface area is 248 Å². The van der Waals surface area contributed by atoms with E-state index in [2.05, 4.69) is 27.7 Å². The molecule has 0 amide bonds. The van der Waals surface area contributed by atoms with Gasteiger partial charge >= 0.3 is 0 Å². The standard InChI is InChI=1S/C15H28O4.2C5H12O2.C5H8O2.H2O/c1-10-8-11(2)17-14(16-10)6-5-7-15-18-12(3)9-13(4)19-15;2*1-4(6)3-5(2)7;6-4-2-1-3-5-7;/h10-15H,5-9H2,1-4H3;2*4-7H,3H2,1-2H3;4-5H,1-3H2;1H2/p-1. The van der Waals surface area contributed by atoms with Gasteiger partial charge in [-0.05, 0) is 107 Å². The van der Waals surface area contributed by atoms with Crippen LogP contribution in [0, 0.1) is 0 Å². The lowest BCUT2D eigenvalue weighted by Crippen LogP contribution is -2.37. The maximum absolute atomic E-state index is 9.56. The molecule has 41 heavy (non-hydrogen) atoms. The Hall–Kier alpha value is -1.02. The zero-order valence-electron chi connectivity index (χ0n) is 26.7. The molecule has 0 saturated carbocycles. The molecule has 2 heterocycles. The average molecular weight is 598 g/mol. The molecule has 2 saturated heterocycles. The molecule has 0 aromatic heterocycles. The first-order chi connectivity index (χ1) is 18.7. The van der Waals surface area contributed by atoms with E-state index < -0.39 is 0 Å². The van der Waals surface area contributed by atoms with Crippen LogP contribution in [-0.2, 0) is 28.5 Å². The molecule has 5 N–H and O–H groups in total. The molecule has 2 rings (SSSR count). The minimum absolute atomic E-state index is 0. The average Bonchev–Trinajstić information content (AvgIpc) is 2.78. The molecule has 11 heteroatoms. The first-order valence-corrected chi connectivity index (χ1v) is 14.9. The molecule has 11 nitrogen and oxygen atoms in total. The lowest BCUT2D eigenvalue weighted by molar-refractivity contribution is -0.247. The highest BCUT2D eigenvalue weighted by Gasteiger charge is 2.27. The number of carbonyl (C=O) groups excluding carboxylic acids is 2. The van der Waals surface area contributed by atoms with Crippen LogP contribution in [0.5, 0.6) is 0 Å². The molecule has 0 bridgehead atoms. The second-order valence-corrected chi connectivity index (χ2v) is 11.2. The summed E-state index contributed by atoms with van der Waals surface area (Å²) in [7, 11) is 0. The van der Waals surface area contributed by atoms with Gasteiger partial charge in [-0.25, -0.2) is 0 Å². The first-order valence-electron chi connectivity index (χ1n) is 14.9. The topological polar surface area (TPSA) is 182 Å². The highest BCUT2D eigenvalue weighted by molar-refractivity contribution is 5.52. The van der Waals surface area contributed by atoms with Crippen molar-refractivity contribution in [1.29, 1.82) is 0 Å². The number of hydrogen-bond donors (Lipinski definition) is 4. The van der Waals surface area contributed by atoms with Crippen molar-refractivity contribution in [2.45, 2.75) is 181 Å². The normalized spacial score (nSPS) is 28.3. The van der Waals surface area contributed by atoms with Crippen LogP contribution in [-0.4, -0.2) is 99.9 Å². The summed E-state index contributed by atoms with van der Waals surface area (Å²) in [6, 6.07) is 0. The summed E-state index contributed by atoms with van der Waals surface area (Å²) in [6.07, 6.45) is 8.72. The van der Waals surface area contributed by atoms with Gasteiger partial charge < -0.3 is 54.4 Å². The largest absolute Gasteiger partial charge is 0.870 e. The van der Waals surface area contributed by atoms with Gasteiger partial charge in [0, 0.05) is 12.8 Å². The monoisotopic (exact) mass is 597 g/mol. The quantitative estimate of drug-likeness (QED) is 0.189. The Balaban J connectivity index is -0.000000547. The van der Waals surface area contributed by atoms with E-state index in [1.807, 2.05) is 0 Å². The molecule has 2 aliphatic heterocycles. The van der Waals surface area contributed by atoms with E-state index in [1.165, 1.54) is 0 Å². The van der Waals surface area contributed by atoms with E-state index in [1.54, 1.807) is 27.7 Å². The summed E-state index contributed by atoms with van der Waals surface area (Å²) in [6.45, 7) is 15.1.